The number of benzene rings is 1. The Morgan fingerprint density at radius 3 is 2.79 bits per heavy atom. The van der Waals surface area contributed by atoms with E-state index < -0.39 is 0 Å². The van der Waals surface area contributed by atoms with Gasteiger partial charge in [-0.05, 0) is 38.7 Å². The van der Waals surface area contributed by atoms with Crippen LogP contribution in [-0.4, -0.2) is 53.9 Å². The number of H-pyrrole nitrogens is 1. The second-order valence-electron chi connectivity index (χ2n) is 6.56. The SMILES string of the molecule is CN(C)C1CCN(C(=O)c2[nH]c3ccccc3c2-c2ccco2)C1. The number of aromatic nitrogens is 1. The van der Waals surface area contributed by atoms with Gasteiger partial charge < -0.3 is 19.2 Å². The van der Waals surface area contributed by atoms with Crippen LogP contribution in [0.1, 0.15) is 16.9 Å². The van der Waals surface area contributed by atoms with Crippen molar-refractivity contribution in [2.24, 2.45) is 0 Å². The molecule has 1 aliphatic rings. The van der Waals surface area contributed by atoms with Gasteiger partial charge in [0.1, 0.15) is 11.5 Å². The third-order valence-electron chi connectivity index (χ3n) is 4.87. The summed E-state index contributed by atoms with van der Waals surface area (Å²) in [5.74, 6) is 0.765. The van der Waals surface area contributed by atoms with Crippen molar-refractivity contribution in [3.63, 3.8) is 0 Å². The van der Waals surface area contributed by atoms with E-state index in [4.69, 9.17) is 4.42 Å². The second-order valence-corrected chi connectivity index (χ2v) is 6.56. The van der Waals surface area contributed by atoms with Crippen molar-refractivity contribution in [2.45, 2.75) is 12.5 Å². The predicted molar refractivity (Wildman–Crippen MR) is 94.0 cm³/mol. The Balaban J connectivity index is 1.77. The van der Waals surface area contributed by atoms with Crippen LogP contribution in [0.4, 0.5) is 0 Å². The minimum absolute atomic E-state index is 0.0435. The number of aromatic amines is 1. The highest BCUT2D eigenvalue weighted by Crippen LogP contribution is 2.34. The van der Waals surface area contributed by atoms with Gasteiger partial charge in [0.2, 0.25) is 0 Å². The largest absolute Gasteiger partial charge is 0.464 e. The van der Waals surface area contributed by atoms with E-state index >= 15 is 0 Å². The number of amides is 1. The molecule has 5 heteroatoms. The molecule has 0 saturated carbocycles. The number of carbonyl (C=O) groups is 1. The molecule has 2 aromatic heterocycles. The molecule has 1 unspecified atom stereocenters. The molecular weight excluding hydrogens is 302 g/mol. The second kappa shape index (κ2) is 5.83. The molecule has 4 rings (SSSR count). The van der Waals surface area contributed by atoms with Gasteiger partial charge in [0, 0.05) is 30.0 Å². The molecule has 124 valence electrons. The van der Waals surface area contributed by atoms with Gasteiger partial charge in [-0.3, -0.25) is 4.79 Å². The van der Waals surface area contributed by atoms with Crippen LogP contribution in [0.25, 0.3) is 22.2 Å². The molecule has 1 aliphatic heterocycles. The molecule has 0 radical (unpaired) electrons. The van der Waals surface area contributed by atoms with E-state index in [1.54, 1.807) is 6.26 Å². The number of rotatable bonds is 3. The van der Waals surface area contributed by atoms with Crippen LogP contribution >= 0.6 is 0 Å². The van der Waals surface area contributed by atoms with Gasteiger partial charge in [-0.1, -0.05) is 18.2 Å². The Morgan fingerprint density at radius 1 is 1.25 bits per heavy atom. The number of likely N-dealkylation sites (N-methyl/N-ethyl adjacent to an activating group) is 1. The molecule has 1 amide bonds. The minimum Gasteiger partial charge on any atom is -0.464 e. The molecular formula is C19H21N3O2. The maximum Gasteiger partial charge on any atom is 0.271 e. The van der Waals surface area contributed by atoms with E-state index in [0.29, 0.717) is 11.7 Å². The third kappa shape index (κ3) is 2.41. The zero-order valence-electron chi connectivity index (χ0n) is 14.0. The highest BCUT2D eigenvalue weighted by atomic mass is 16.3. The number of hydrogen-bond acceptors (Lipinski definition) is 3. The summed E-state index contributed by atoms with van der Waals surface area (Å²) in [5.41, 5.74) is 2.43. The lowest BCUT2D eigenvalue weighted by Crippen LogP contribution is -2.34. The summed E-state index contributed by atoms with van der Waals surface area (Å²) in [4.78, 5) is 20.6. The Kier molecular flexibility index (Phi) is 3.65. The van der Waals surface area contributed by atoms with Gasteiger partial charge in [-0.15, -0.1) is 0 Å². The van der Waals surface area contributed by atoms with Crippen LogP contribution in [0.5, 0.6) is 0 Å². The fourth-order valence-corrected chi connectivity index (χ4v) is 3.48. The summed E-state index contributed by atoms with van der Waals surface area (Å²) in [5, 5.41) is 1.01. The highest BCUT2D eigenvalue weighted by molar-refractivity contribution is 6.09. The summed E-state index contributed by atoms with van der Waals surface area (Å²) >= 11 is 0. The summed E-state index contributed by atoms with van der Waals surface area (Å²) in [6.07, 6.45) is 2.65. The number of nitrogens with zero attached hydrogens (tertiary/aromatic N) is 2. The summed E-state index contributed by atoms with van der Waals surface area (Å²) < 4.78 is 5.60. The van der Waals surface area contributed by atoms with Gasteiger partial charge in [0.25, 0.3) is 5.91 Å². The molecule has 3 heterocycles. The number of para-hydroxylation sites is 1. The van der Waals surface area contributed by atoms with E-state index in [-0.39, 0.29) is 5.91 Å². The van der Waals surface area contributed by atoms with Crippen molar-refractivity contribution in [1.29, 1.82) is 0 Å². The van der Waals surface area contributed by atoms with Crippen molar-refractivity contribution in [3.05, 3.63) is 48.4 Å². The van der Waals surface area contributed by atoms with Crippen LogP contribution in [0.3, 0.4) is 0 Å². The lowest BCUT2D eigenvalue weighted by atomic mass is 10.1. The molecule has 24 heavy (non-hydrogen) atoms. The van der Waals surface area contributed by atoms with Gasteiger partial charge in [0.15, 0.2) is 0 Å². The first-order chi connectivity index (χ1) is 11.6. The van der Waals surface area contributed by atoms with Crippen molar-refractivity contribution in [2.75, 3.05) is 27.2 Å². The Morgan fingerprint density at radius 2 is 2.08 bits per heavy atom. The zero-order valence-corrected chi connectivity index (χ0v) is 14.0. The highest BCUT2D eigenvalue weighted by Gasteiger charge is 2.31. The standard InChI is InChI=1S/C19H21N3O2/c1-21(2)13-9-10-22(12-13)19(23)18-17(16-8-5-11-24-16)14-6-3-4-7-15(14)20-18/h3-8,11,13,20H,9-10,12H2,1-2H3. The number of carbonyl (C=O) groups excluding carboxylic acids is 1. The first kappa shape index (κ1) is 15.0. The van der Waals surface area contributed by atoms with E-state index in [1.807, 2.05) is 41.3 Å². The monoisotopic (exact) mass is 323 g/mol. The third-order valence-corrected chi connectivity index (χ3v) is 4.87. The molecule has 0 spiro atoms. The number of likely N-dealkylation sites (tertiary alicyclic amines) is 1. The van der Waals surface area contributed by atoms with Crippen LogP contribution in [-0.2, 0) is 0 Å². The molecule has 1 aromatic carbocycles. The summed E-state index contributed by atoms with van der Waals surface area (Å²) in [7, 11) is 4.13. The molecule has 3 aromatic rings. The number of nitrogens with one attached hydrogen (secondary N) is 1. The number of hydrogen-bond donors (Lipinski definition) is 1. The minimum atomic E-state index is 0.0435. The van der Waals surface area contributed by atoms with Crippen LogP contribution < -0.4 is 0 Å². The average molecular weight is 323 g/mol. The van der Waals surface area contributed by atoms with E-state index in [0.717, 1.165) is 41.7 Å². The smallest absolute Gasteiger partial charge is 0.271 e. The Labute approximate surface area is 140 Å². The quantitative estimate of drug-likeness (QED) is 0.805. The topological polar surface area (TPSA) is 52.5 Å². The Hall–Kier alpha value is -2.53. The number of fused-ring (bicyclic) bond motifs is 1. The van der Waals surface area contributed by atoms with E-state index in [2.05, 4.69) is 24.0 Å². The first-order valence-electron chi connectivity index (χ1n) is 8.25. The van der Waals surface area contributed by atoms with Gasteiger partial charge >= 0.3 is 0 Å². The summed E-state index contributed by atoms with van der Waals surface area (Å²) in [6.45, 7) is 1.55. The van der Waals surface area contributed by atoms with Gasteiger partial charge in [-0.25, -0.2) is 0 Å². The van der Waals surface area contributed by atoms with Crippen molar-refractivity contribution in [1.82, 2.24) is 14.8 Å². The van der Waals surface area contributed by atoms with Gasteiger partial charge in [0.05, 0.1) is 11.8 Å². The van der Waals surface area contributed by atoms with E-state index in [9.17, 15) is 4.79 Å². The fraction of sp³-hybridized carbons (Fsp3) is 0.316. The van der Waals surface area contributed by atoms with Crippen molar-refractivity contribution >= 4 is 16.8 Å². The maximum absolute atomic E-state index is 13.1. The summed E-state index contributed by atoms with van der Waals surface area (Å²) in [6, 6.07) is 12.1. The predicted octanol–water partition coefficient (Wildman–Crippen LogP) is 3.20. The van der Waals surface area contributed by atoms with Crippen LogP contribution in [0.15, 0.2) is 47.1 Å². The molecule has 1 N–H and O–H groups in total. The van der Waals surface area contributed by atoms with Gasteiger partial charge in [-0.2, -0.15) is 0 Å². The lowest BCUT2D eigenvalue weighted by Gasteiger charge is -2.20. The molecule has 5 nitrogen and oxygen atoms in total. The molecule has 0 aliphatic carbocycles. The van der Waals surface area contributed by atoms with E-state index in [1.165, 1.54) is 0 Å². The zero-order chi connectivity index (χ0) is 16.7. The molecule has 1 fully saturated rings. The van der Waals surface area contributed by atoms with Crippen LogP contribution in [0.2, 0.25) is 0 Å². The fourth-order valence-electron chi connectivity index (χ4n) is 3.48. The normalized spacial score (nSPS) is 18.0. The maximum atomic E-state index is 13.1. The average Bonchev–Trinajstić information content (AvgIpc) is 3.31. The lowest BCUT2D eigenvalue weighted by molar-refractivity contribution is 0.0779. The molecule has 0 bridgehead atoms. The first-order valence-corrected chi connectivity index (χ1v) is 8.25. The molecule has 1 atom stereocenters. The Bertz CT molecular complexity index is 864. The van der Waals surface area contributed by atoms with Crippen LogP contribution in [0, 0.1) is 0 Å². The molecule has 1 saturated heterocycles. The number of furan rings is 1. The van der Waals surface area contributed by atoms with Crippen molar-refractivity contribution in [3.8, 4) is 11.3 Å². The van der Waals surface area contributed by atoms with Crippen molar-refractivity contribution < 1.29 is 9.21 Å².